The Morgan fingerprint density at radius 2 is 2.04 bits per heavy atom. The van der Waals surface area contributed by atoms with E-state index in [9.17, 15) is 9.59 Å². The second kappa shape index (κ2) is 7.55. The third-order valence-electron chi connectivity index (χ3n) is 5.16. The Bertz CT molecular complexity index is 697. The molecule has 7 heteroatoms. The first-order chi connectivity index (χ1) is 12.3. The van der Waals surface area contributed by atoms with Crippen molar-refractivity contribution in [1.82, 2.24) is 4.90 Å². The molecule has 2 aliphatic rings. The number of carbonyl (C=O) groups is 2. The maximum atomic E-state index is 12.4. The molecule has 1 aliphatic heterocycles. The number of benzene rings is 1. The zero-order valence-electron chi connectivity index (χ0n) is 15.2. The Hall–Kier alpha value is -1.63. The molecule has 26 heavy (non-hydrogen) atoms. The van der Waals surface area contributed by atoms with E-state index in [0.717, 1.165) is 16.1 Å². The Balaban J connectivity index is 1.37. The van der Waals surface area contributed by atoms with Crippen molar-refractivity contribution in [3.63, 3.8) is 0 Å². The monoisotopic (exact) mass is 380 g/mol. The van der Waals surface area contributed by atoms with E-state index in [0.29, 0.717) is 32.5 Å². The normalized spacial score (nSPS) is 25.4. The maximum Gasteiger partial charge on any atom is 0.302 e. The van der Waals surface area contributed by atoms with E-state index in [2.05, 4.69) is 0 Å². The largest absolute Gasteiger partial charge is 0.464 e. The summed E-state index contributed by atoms with van der Waals surface area (Å²) in [6.45, 7) is 5.29. The van der Waals surface area contributed by atoms with Crippen molar-refractivity contribution in [2.24, 2.45) is 11.7 Å². The molecular weight excluding hydrogens is 356 g/mol. The standard InChI is InChI=1S/C19H25ClN2O4/c1-12-5-16(20)4-3-14(12)10-25-17-8-22(9-17)18(24)15-6-19(21,7-15)11-26-13(2)23/h3-5,15,17H,6-11,21H2,1-2H3. The molecule has 2 fully saturated rings. The van der Waals surface area contributed by atoms with Gasteiger partial charge < -0.3 is 20.1 Å². The summed E-state index contributed by atoms with van der Waals surface area (Å²) in [7, 11) is 0. The van der Waals surface area contributed by atoms with Crippen LogP contribution in [0.15, 0.2) is 18.2 Å². The summed E-state index contributed by atoms with van der Waals surface area (Å²) in [5, 5.41) is 0.719. The number of amides is 1. The van der Waals surface area contributed by atoms with E-state index < -0.39 is 5.54 Å². The highest BCUT2D eigenvalue weighted by atomic mass is 35.5. The lowest BCUT2D eigenvalue weighted by atomic mass is 9.68. The quantitative estimate of drug-likeness (QED) is 0.764. The number of hydrogen-bond acceptors (Lipinski definition) is 5. The fourth-order valence-corrected chi connectivity index (χ4v) is 3.70. The second-order valence-electron chi connectivity index (χ2n) is 7.49. The van der Waals surface area contributed by atoms with Crippen LogP contribution in [-0.2, 0) is 25.7 Å². The molecule has 0 aromatic heterocycles. The fraction of sp³-hybridized carbons (Fsp3) is 0.579. The van der Waals surface area contributed by atoms with E-state index in [4.69, 9.17) is 26.8 Å². The number of halogens is 1. The fourth-order valence-electron chi connectivity index (χ4n) is 3.47. The summed E-state index contributed by atoms with van der Waals surface area (Å²) in [6.07, 6.45) is 1.19. The predicted octanol–water partition coefficient (Wildman–Crippen LogP) is 2.05. The first kappa shape index (κ1) is 19.1. The zero-order chi connectivity index (χ0) is 18.9. The molecule has 1 aromatic rings. The highest BCUT2D eigenvalue weighted by molar-refractivity contribution is 6.30. The highest BCUT2D eigenvalue weighted by Crippen LogP contribution is 2.38. The maximum absolute atomic E-state index is 12.4. The topological polar surface area (TPSA) is 81.9 Å². The van der Waals surface area contributed by atoms with Crippen LogP contribution in [0.25, 0.3) is 0 Å². The Morgan fingerprint density at radius 3 is 2.65 bits per heavy atom. The summed E-state index contributed by atoms with van der Waals surface area (Å²) < 4.78 is 10.9. The third-order valence-corrected chi connectivity index (χ3v) is 5.39. The van der Waals surface area contributed by atoms with Crippen LogP contribution in [0.4, 0.5) is 0 Å². The van der Waals surface area contributed by atoms with Crippen LogP contribution >= 0.6 is 11.6 Å². The Kier molecular flexibility index (Phi) is 5.55. The van der Waals surface area contributed by atoms with Gasteiger partial charge in [0, 0.05) is 31.0 Å². The van der Waals surface area contributed by atoms with E-state index in [1.165, 1.54) is 6.92 Å². The van der Waals surface area contributed by atoms with E-state index >= 15 is 0 Å². The number of aryl methyl sites for hydroxylation is 1. The number of carbonyl (C=O) groups excluding carboxylic acids is 2. The van der Waals surface area contributed by atoms with Crippen LogP contribution in [0.1, 0.15) is 30.9 Å². The Labute approximate surface area is 158 Å². The van der Waals surface area contributed by atoms with Crippen LogP contribution in [0.2, 0.25) is 5.02 Å². The van der Waals surface area contributed by atoms with Crippen molar-refractivity contribution in [2.75, 3.05) is 19.7 Å². The minimum Gasteiger partial charge on any atom is -0.464 e. The van der Waals surface area contributed by atoms with Gasteiger partial charge in [0.15, 0.2) is 0 Å². The molecule has 0 atom stereocenters. The van der Waals surface area contributed by atoms with Gasteiger partial charge in [-0.15, -0.1) is 0 Å². The molecule has 0 unspecified atom stereocenters. The first-order valence-electron chi connectivity index (χ1n) is 8.83. The molecule has 1 aromatic carbocycles. The van der Waals surface area contributed by atoms with Gasteiger partial charge in [0.2, 0.25) is 5.91 Å². The van der Waals surface area contributed by atoms with Gasteiger partial charge in [-0.2, -0.15) is 0 Å². The van der Waals surface area contributed by atoms with Gasteiger partial charge in [0.25, 0.3) is 0 Å². The molecule has 1 amide bonds. The average Bonchev–Trinajstić information content (AvgIpc) is 2.50. The van der Waals surface area contributed by atoms with E-state index in [1.807, 2.05) is 30.0 Å². The molecule has 1 saturated heterocycles. The number of likely N-dealkylation sites (tertiary alicyclic amines) is 1. The summed E-state index contributed by atoms with van der Waals surface area (Å²) in [5.74, 6) is -0.297. The van der Waals surface area contributed by atoms with Gasteiger partial charge in [-0.25, -0.2) is 0 Å². The molecule has 142 valence electrons. The van der Waals surface area contributed by atoms with Crippen LogP contribution in [0.5, 0.6) is 0 Å². The van der Waals surface area contributed by atoms with Crippen LogP contribution in [0, 0.1) is 12.8 Å². The third kappa shape index (κ3) is 4.37. The van der Waals surface area contributed by atoms with Crippen LogP contribution in [-0.4, -0.2) is 48.1 Å². The van der Waals surface area contributed by atoms with Crippen molar-refractivity contribution < 1.29 is 19.1 Å². The van der Waals surface area contributed by atoms with Gasteiger partial charge in [0.1, 0.15) is 6.61 Å². The smallest absolute Gasteiger partial charge is 0.302 e. The summed E-state index contributed by atoms with van der Waals surface area (Å²) in [4.78, 5) is 25.1. The lowest BCUT2D eigenvalue weighted by Crippen LogP contribution is -2.63. The molecule has 1 aliphatic carbocycles. The number of nitrogens with zero attached hydrogens (tertiary/aromatic N) is 1. The van der Waals surface area contributed by atoms with Crippen molar-refractivity contribution in [3.8, 4) is 0 Å². The lowest BCUT2D eigenvalue weighted by Gasteiger charge is -2.48. The number of hydrogen-bond donors (Lipinski definition) is 1. The molecule has 0 bridgehead atoms. The molecule has 1 saturated carbocycles. The lowest BCUT2D eigenvalue weighted by molar-refractivity contribution is -0.157. The van der Waals surface area contributed by atoms with Gasteiger partial charge in [-0.1, -0.05) is 17.7 Å². The molecule has 0 spiro atoms. The average molecular weight is 381 g/mol. The van der Waals surface area contributed by atoms with Gasteiger partial charge in [0.05, 0.1) is 18.2 Å². The van der Waals surface area contributed by atoms with Crippen LogP contribution < -0.4 is 5.73 Å². The van der Waals surface area contributed by atoms with Gasteiger partial charge in [-0.3, -0.25) is 9.59 Å². The van der Waals surface area contributed by atoms with Gasteiger partial charge in [-0.05, 0) is 43.0 Å². The molecular formula is C19H25ClN2O4. The van der Waals surface area contributed by atoms with Crippen molar-refractivity contribution in [2.45, 2.75) is 44.9 Å². The first-order valence-corrected chi connectivity index (χ1v) is 9.21. The van der Waals surface area contributed by atoms with Crippen molar-refractivity contribution in [3.05, 3.63) is 34.3 Å². The van der Waals surface area contributed by atoms with Crippen molar-refractivity contribution >= 4 is 23.5 Å². The molecule has 2 N–H and O–H groups in total. The van der Waals surface area contributed by atoms with Crippen molar-refractivity contribution in [1.29, 1.82) is 0 Å². The minimum absolute atomic E-state index is 0.0674. The number of ether oxygens (including phenoxy) is 2. The van der Waals surface area contributed by atoms with E-state index in [-0.39, 0.29) is 30.5 Å². The van der Waals surface area contributed by atoms with E-state index in [1.54, 1.807) is 0 Å². The Morgan fingerprint density at radius 1 is 1.35 bits per heavy atom. The SMILES string of the molecule is CC(=O)OCC1(N)CC(C(=O)N2CC(OCc3ccc(Cl)cc3C)C2)C1. The number of rotatable bonds is 6. The predicted molar refractivity (Wildman–Crippen MR) is 97.6 cm³/mol. The molecule has 0 radical (unpaired) electrons. The summed E-state index contributed by atoms with van der Waals surface area (Å²) >= 11 is 5.96. The van der Waals surface area contributed by atoms with Gasteiger partial charge >= 0.3 is 5.97 Å². The highest BCUT2D eigenvalue weighted by Gasteiger charge is 2.48. The zero-order valence-corrected chi connectivity index (χ0v) is 15.9. The molecule has 3 rings (SSSR count). The minimum atomic E-state index is -0.557. The summed E-state index contributed by atoms with van der Waals surface area (Å²) in [5.41, 5.74) is 7.78. The van der Waals surface area contributed by atoms with Crippen LogP contribution in [0.3, 0.4) is 0 Å². The summed E-state index contributed by atoms with van der Waals surface area (Å²) in [6, 6.07) is 5.75. The molecule has 1 heterocycles. The molecule has 6 nitrogen and oxygen atoms in total. The number of nitrogens with two attached hydrogens (primary N) is 1. The second-order valence-corrected chi connectivity index (χ2v) is 7.93. The number of esters is 1.